The Labute approximate surface area is 141 Å². The topological polar surface area (TPSA) is 12.4 Å². The molecular formula is C21H17NS. The molecule has 0 spiro atoms. The molecule has 1 nitrogen and oxygen atoms in total. The molecule has 1 heterocycles. The number of hydrogen-bond acceptors (Lipinski definition) is 2. The minimum atomic E-state index is 0.293. The first-order chi connectivity index (χ1) is 11.3. The molecule has 23 heavy (non-hydrogen) atoms. The highest BCUT2D eigenvalue weighted by atomic mass is 32.2. The molecule has 2 heteroatoms. The molecule has 0 saturated carbocycles. The molecule has 3 aromatic rings. The minimum Gasteiger partial charge on any atom is -0.241 e. The molecule has 0 saturated heterocycles. The van der Waals surface area contributed by atoms with E-state index in [1.807, 2.05) is 11.8 Å². The fraction of sp³-hybridized carbons (Fsp3) is 0.0952. The van der Waals surface area contributed by atoms with Crippen molar-refractivity contribution in [2.24, 2.45) is 4.99 Å². The molecule has 1 atom stereocenters. The summed E-state index contributed by atoms with van der Waals surface area (Å²) in [6.45, 7) is 2.11. The van der Waals surface area contributed by atoms with E-state index in [-0.39, 0.29) is 0 Å². The van der Waals surface area contributed by atoms with Crippen LogP contribution in [0.4, 0.5) is 5.69 Å². The first-order valence-corrected chi connectivity index (χ1v) is 8.65. The second-order valence-electron chi connectivity index (χ2n) is 5.75. The number of hydrogen-bond donors (Lipinski definition) is 0. The number of rotatable bonds is 2. The average Bonchev–Trinajstić information content (AvgIpc) is 2.62. The normalized spacial score (nSPS) is 16.6. The molecule has 1 aliphatic heterocycles. The van der Waals surface area contributed by atoms with Crippen molar-refractivity contribution in [2.45, 2.75) is 12.2 Å². The monoisotopic (exact) mass is 315 g/mol. The summed E-state index contributed by atoms with van der Waals surface area (Å²) in [6.07, 6.45) is 0. The van der Waals surface area contributed by atoms with Crippen LogP contribution in [-0.2, 0) is 0 Å². The van der Waals surface area contributed by atoms with Gasteiger partial charge in [-0.25, -0.2) is 4.99 Å². The zero-order valence-corrected chi connectivity index (χ0v) is 13.8. The fourth-order valence-corrected chi connectivity index (χ4v) is 4.09. The Hall–Kier alpha value is -2.32. The molecule has 3 aromatic carbocycles. The Balaban J connectivity index is 1.82. The summed E-state index contributed by atoms with van der Waals surface area (Å²) in [5, 5.41) is 1.39. The van der Waals surface area contributed by atoms with Gasteiger partial charge in [0.15, 0.2) is 0 Å². The molecule has 0 aliphatic carbocycles. The Morgan fingerprint density at radius 3 is 2.26 bits per heavy atom. The van der Waals surface area contributed by atoms with Crippen molar-refractivity contribution in [2.75, 3.05) is 0 Å². The van der Waals surface area contributed by atoms with Gasteiger partial charge in [-0.2, -0.15) is 0 Å². The lowest BCUT2D eigenvalue weighted by atomic mass is 10.0. The van der Waals surface area contributed by atoms with Crippen LogP contribution in [0.3, 0.4) is 0 Å². The highest BCUT2D eigenvalue weighted by molar-refractivity contribution is 8.14. The van der Waals surface area contributed by atoms with E-state index in [0.29, 0.717) is 5.25 Å². The Bertz CT molecular complexity index is 851. The van der Waals surface area contributed by atoms with Crippen LogP contribution in [0, 0.1) is 6.92 Å². The molecular weight excluding hydrogens is 298 g/mol. The van der Waals surface area contributed by atoms with Gasteiger partial charge in [-0.1, -0.05) is 90.1 Å². The third-order valence-electron chi connectivity index (χ3n) is 4.07. The van der Waals surface area contributed by atoms with Crippen molar-refractivity contribution in [3.05, 3.63) is 101 Å². The van der Waals surface area contributed by atoms with Crippen molar-refractivity contribution in [1.29, 1.82) is 0 Å². The van der Waals surface area contributed by atoms with Crippen molar-refractivity contribution in [3.8, 4) is 0 Å². The maximum absolute atomic E-state index is 4.90. The predicted molar refractivity (Wildman–Crippen MR) is 99.7 cm³/mol. The molecule has 0 aromatic heterocycles. The lowest BCUT2D eigenvalue weighted by molar-refractivity contribution is 1.15. The van der Waals surface area contributed by atoms with Crippen molar-refractivity contribution in [1.82, 2.24) is 0 Å². The molecule has 0 fully saturated rings. The zero-order valence-electron chi connectivity index (χ0n) is 12.9. The lowest BCUT2D eigenvalue weighted by Gasteiger charge is -2.24. The average molecular weight is 315 g/mol. The van der Waals surface area contributed by atoms with Gasteiger partial charge in [0.05, 0.1) is 10.9 Å². The van der Waals surface area contributed by atoms with Crippen molar-refractivity contribution >= 4 is 22.5 Å². The molecule has 112 valence electrons. The van der Waals surface area contributed by atoms with Crippen LogP contribution in [-0.4, -0.2) is 5.04 Å². The molecule has 1 aliphatic rings. The standard InChI is InChI=1S/C21H17NS/c1-15-11-13-17(14-12-15)21-22-19-10-6-5-9-18(19)20(23-21)16-7-3-2-4-8-16/h2-14,20H,1H3/t20-/m0/s1. The smallest absolute Gasteiger partial charge is 0.105 e. The largest absolute Gasteiger partial charge is 0.241 e. The number of aryl methyl sites for hydroxylation is 1. The fourth-order valence-electron chi connectivity index (χ4n) is 2.83. The second kappa shape index (κ2) is 6.05. The Morgan fingerprint density at radius 1 is 0.783 bits per heavy atom. The van der Waals surface area contributed by atoms with Crippen LogP contribution in [0.25, 0.3) is 0 Å². The van der Waals surface area contributed by atoms with E-state index in [1.165, 1.54) is 22.3 Å². The summed E-state index contributed by atoms with van der Waals surface area (Å²) in [7, 11) is 0. The van der Waals surface area contributed by atoms with Gasteiger partial charge >= 0.3 is 0 Å². The van der Waals surface area contributed by atoms with Crippen LogP contribution in [0.1, 0.15) is 27.5 Å². The first-order valence-electron chi connectivity index (χ1n) is 7.77. The van der Waals surface area contributed by atoms with Gasteiger partial charge in [0, 0.05) is 5.56 Å². The van der Waals surface area contributed by atoms with Gasteiger partial charge in [0.25, 0.3) is 0 Å². The summed E-state index contributed by atoms with van der Waals surface area (Å²) >= 11 is 1.84. The van der Waals surface area contributed by atoms with Crippen LogP contribution in [0.15, 0.2) is 83.9 Å². The van der Waals surface area contributed by atoms with Crippen molar-refractivity contribution in [3.63, 3.8) is 0 Å². The number of para-hydroxylation sites is 1. The SMILES string of the molecule is Cc1ccc(C2=Nc3ccccc3[C@H](c3ccccc3)S2)cc1. The van der Waals surface area contributed by atoms with E-state index >= 15 is 0 Å². The van der Waals surface area contributed by atoms with Crippen LogP contribution in [0.2, 0.25) is 0 Å². The third-order valence-corrected chi connectivity index (χ3v) is 5.38. The lowest BCUT2D eigenvalue weighted by Crippen LogP contribution is -2.08. The van der Waals surface area contributed by atoms with Gasteiger partial charge < -0.3 is 0 Å². The molecule has 4 rings (SSSR count). The van der Waals surface area contributed by atoms with Gasteiger partial charge in [-0.3, -0.25) is 0 Å². The number of fused-ring (bicyclic) bond motifs is 1. The van der Waals surface area contributed by atoms with E-state index in [1.54, 1.807) is 0 Å². The van der Waals surface area contributed by atoms with Crippen LogP contribution in [0.5, 0.6) is 0 Å². The summed E-state index contributed by atoms with van der Waals surface area (Å²) in [5.74, 6) is 0. The maximum atomic E-state index is 4.90. The summed E-state index contributed by atoms with van der Waals surface area (Å²) < 4.78 is 0. The van der Waals surface area contributed by atoms with Gasteiger partial charge in [0.1, 0.15) is 5.04 Å². The molecule has 0 radical (unpaired) electrons. The van der Waals surface area contributed by atoms with Gasteiger partial charge in [0.2, 0.25) is 0 Å². The van der Waals surface area contributed by atoms with Crippen LogP contribution < -0.4 is 0 Å². The van der Waals surface area contributed by atoms with Gasteiger partial charge in [-0.15, -0.1) is 0 Å². The van der Waals surface area contributed by atoms with Gasteiger partial charge in [-0.05, 0) is 24.1 Å². The number of benzene rings is 3. The molecule has 0 bridgehead atoms. The number of thioether (sulfide) groups is 1. The third kappa shape index (κ3) is 2.82. The summed E-state index contributed by atoms with van der Waals surface area (Å²) in [4.78, 5) is 4.90. The Morgan fingerprint density at radius 2 is 1.48 bits per heavy atom. The number of aliphatic imine (C=N–C) groups is 1. The van der Waals surface area contributed by atoms with E-state index in [0.717, 1.165) is 10.7 Å². The Kier molecular flexibility index (Phi) is 3.76. The maximum Gasteiger partial charge on any atom is 0.105 e. The molecule has 0 N–H and O–H groups in total. The van der Waals surface area contributed by atoms with E-state index < -0.39 is 0 Å². The summed E-state index contributed by atoms with van der Waals surface area (Å²) in [6, 6.07) is 27.8. The highest BCUT2D eigenvalue weighted by Crippen LogP contribution is 2.46. The van der Waals surface area contributed by atoms with Crippen molar-refractivity contribution < 1.29 is 0 Å². The predicted octanol–water partition coefficient (Wildman–Crippen LogP) is 5.91. The molecule has 0 amide bonds. The van der Waals surface area contributed by atoms with E-state index in [9.17, 15) is 0 Å². The minimum absolute atomic E-state index is 0.293. The summed E-state index contributed by atoms with van der Waals surface area (Å²) in [5.41, 5.74) is 6.16. The second-order valence-corrected chi connectivity index (χ2v) is 6.84. The van der Waals surface area contributed by atoms with E-state index in [4.69, 9.17) is 4.99 Å². The first kappa shape index (κ1) is 14.3. The number of nitrogens with zero attached hydrogens (tertiary/aromatic N) is 1. The quantitative estimate of drug-likeness (QED) is 0.572. The van der Waals surface area contributed by atoms with E-state index in [2.05, 4.69) is 85.8 Å². The van der Waals surface area contributed by atoms with Crippen LogP contribution >= 0.6 is 11.8 Å². The zero-order chi connectivity index (χ0) is 15.6. The molecule has 0 unspecified atom stereocenters. The highest BCUT2D eigenvalue weighted by Gasteiger charge is 2.25.